The number of hydrogen-bond acceptors (Lipinski definition) is 5. The molecular formula is C13H21N3O3S. The second-order valence-corrected chi connectivity index (χ2v) is 8.24. The summed E-state index contributed by atoms with van der Waals surface area (Å²) in [6, 6.07) is 0.0648. The first-order valence-electron chi connectivity index (χ1n) is 7.03. The molecule has 0 aromatic carbocycles. The lowest BCUT2D eigenvalue weighted by Crippen LogP contribution is -2.70. The zero-order chi connectivity index (χ0) is 14.7. The number of rotatable bonds is 3. The molecular weight excluding hydrogens is 278 g/mol. The second-order valence-electron chi connectivity index (χ2n) is 6.41. The van der Waals surface area contributed by atoms with Gasteiger partial charge in [-0.2, -0.15) is 4.31 Å². The maximum Gasteiger partial charge on any atom is 0.250 e. The number of anilines is 1. The normalized spacial score (nSPS) is 25.7. The van der Waals surface area contributed by atoms with Gasteiger partial charge in [0.25, 0.3) is 10.0 Å². The Hall–Kier alpha value is -1.08. The highest BCUT2D eigenvalue weighted by Gasteiger charge is 2.61. The Balaban J connectivity index is 1.97. The maximum atomic E-state index is 12.8. The van der Waals surface area contributed by atoms with Crippen molar-refractivity contribution in [1.82, 2.24) is 9.46 Å². The standard InChI is InChI=1S/C13H21N3O3S/c1-8(2)11-13(5-4-6-13)7-16(11)20(17,18)10-9(3)19-15-12(10)14/h8,11H,4-7H2,1-3H3,(H2,14,15). The molecule has 1 saturated heterocycles. The SMILES string of the molecule is Cc1onc(N)c1S(=O)(=O)N1CC2(CCC2)C1C(C)C. The van der Waals surface area contributed by atoms with Crippen LogP contribution in [0.4, 0.5) is 5.82 Å². The van der Waals surface area contributed by atoms with Gasteiger partial charge in [0.2, 0.25) is 0 Å². The minimum Gasteiger partial charge on any atom is -0.380 e. The molecule has 1 spiro atoms. The van der Waals surface area contributed by atoms with Crippen LogP contribution in [0.5, 0.6) is 0 Å². The fourth-order valence-corrected chi connectivity index (χ4v) is 6.00. The van der Waals surface area contributed by atoms with Crippen molar-refractivity contribution in [3.8, 4) is 0 Å². The Morgan fingerprint density at radius 2 is 2.10 bits per heavy atom. The van der Waals surface area contributed by atoms with Crippen LogP contribution in [0, 0.1) is 18.3 Å². The highest BCUT2D eigenvalue weighted by atomic mass is 32.2. The number of nitrogens with two attached hydrogens (primary N) is 1. The van der Waals surface area contributed by atoms with Gasteiger partial charge in [0.05, 0.1) is 0 Å². The molecule has 2 aliphatic rings. The van der Waals surface area contributed by atoms with Gasteiger partial charge >= 0.3 is 0 Å². The predicted octanol–water partition coefficient (Wildman–Crippen LogP) is 1.76. The lowest BCUT2D eigenvalue weighted by molar-refractivity contribution is -0.0962. The summed E-state index contributed by atoms with van der Waals surface area (Å²) in [5, 5.41) is 3.56. The van der Waals surface area contributed by atoms with Crippen LogP contribution >= 0.6 is 0 Å². The van der Waals surface area contributed by atoms with Gasteiger partial charge in [0.15, 0.2) is 16.5 Å². The molecule has 3 rings (SSSR count). The highest BCUT2D eigenvalue weighted by molar-refractivity contribution is 7.89. The number of hydrogen-bond donors (Lipinski definition) is 1. The summed E-state index contributed by atoms with van der Waals surface area (Å²) in [6.07, 6.45) is 3.45. The van der Waals surface area contributed by atoms with E-state index in [1.165, 1.54) is 6.42 Å². The minimum atomic E-state index is -3.61. The Morgan fingerprint density at radius 3 is 2.50 bits per heavy atom. The fraction of sp³-hybridized carbons (Fsp3) is 0.769. The van der Waals surface area contributed by atoms with Crippen LogP contribution in [0.1, 0.15) is 38.9 Å². The van der Waals surface area contributed by atoms with Crippen LogP contribution in [0.25, 0.3) is 0 Å². The zero-order valence-corrected chi connectivity index (χ0v) is 12.9. The lowest BCUT2D eigenvalue weighted by Gasteiger charge is -2.63. The Labute approximate surface area is 119 Å². The maximum absolute atomic E-state index is 12.8. The molecule has 2 heterocycles. The van der Waals surface area contributed by atoms with E-state index in [1.807, 2.05) is 0 Å². The van der Waals surface area contributed by atoms with Gasteiger partial charge in [-0.15, -0.1) is 0 Å². The third-order valence-corrected chi connectivity index (χ3v) is 6.78. The first-order valence-corrected chi connectivity index (χ1v) is 8.47. The van der Waals surface area contributed by atoms with Crippen LogP contribution in [0.15, 0.2) is 9.42 Å². The van der Waals surface area contributed by atoms with Crippen LogP contribution in [-0.4, -0.2) is 30.5 Å². The summed E-state index contributed by atoms with van der Waals surface area (Å²) in [4.78, 5) is 0.0392. The van der Waals surface area contributed by atoms with Crippen molar-refractivity contribution in [3.05, 3.63) is 5.76 Å². The first kappa shape index (κ1) is 13.9. The lowest BCUT2D eigenvalue weighted by atomic mass is 9.57. The van der Waals surface area contributed by atoms with E-state index in [9.17, 15) is 8.42 Å². The Bertz CT molecular complexity index is 612. The predicted molar refractivity (Wildman–Crippen MR) is 74.5 cm³/mol. The average molecular weight is 299 g/mol. The van der Waals surface area contributed by atoms with E-state index in [0.29, 0.717) is 12.5 Å². The third kappa shape index (κ3) is 1.65. The molecule has 1 aliphatic carbocycles. The van der Waals surface area contributed by atoms with Crippen molar-refractivity contribution in [3.63, 3.8) is 0 Å². The second kappa shape index (κ2) is 4.21. The fourth-order valence-electron chi connectivity index (χ4n) is 3.87. The summed E-state index contributed by atoms with van der Waals surface area (Å²) < 4.78 is 32.1. The van der Waals surface area contributed by atoms with E-state index in [2.05, 4.69) is 19.0 Å². The van der Waals surface area contributed by atoms with Gasteiger partial charge in [-0.25, -0.2) is 8.42 Å². The van der Waals surface area contributed by atoms with Crippen molar-refractivity contribution < 1.29 is 12.9 Å². The number of aryl methyl sites for hydroxylation is 1. The van der Waals surface area contributed by atoms with E-state index in [0.717, 1.165) is 12.8 Å². The molecule has 1 atom stereocenters. The van der Waals surface area contributed by atoms with Crippen molar-refractivity contribution in [2.45, 2.75) is 51.0 Å². The smallest absolute Gasteiger partial charge is 0.250 e. The van der Waals surface area contributed by atoms with Crippen LogP contribution in [0.3, 0.4) is 0 Å². The first-order chi connectivity index (χ1) is 9.29. The topological polar surface area (TPSA) is 89.4 Å². The summed E-state index contributed by atoms with van der Waals surface area (Å²) in [5.74, 6) is 0.513. The van der Waals surface area contributed by atoms with Crippen LogP contribution in [0.2, 0.25) is 0 Å². The molecule has 1 unspecified atom stereocenters. The molecule has 1 saturated carbocycles. The number of nitrogens with zero attached hydrogens (tertiary/aromatic N) is 2. The van der Waals surface area contributed by atoms with Gasteiger partial charge in [-0.05, 0) is 25.7 Å². The van der Waals surface area contributed by atoms with E-state index in [-0.39, 0.29) is 27.9 Å². The molecule has 112 valence electrons. The summed E-state index contributed by atoms with van der Waals surface area (Å²) >= 11 is 0. The molecule has 6 nitrogen and oxygen atoms in total. The number of nitrogen functional groups attached to an aromatic ring is 1. The van der Waals surface area contributed by atoms with E-state index < -0.39 is 10.0 Å². The van der Waals surface area contributed by atoms with E-state index >= 15 is 0 Å². The summed E-state index contributed by atoms with van der Waals surface area (Å²) in [7, 11) is -3.61. The zero-order valence-electron chi connectivity index (χ0n) is 12.1. The van der Waals surface area contributed by atoms with Gasteiger partial charge in [-0.3, -0.25) is 0 Å². The van der Waals surface area contributed by atoms with Gasteiger partial charge < -0.3 is 10.3 Å². The molecule has 20 heavy (non-hydrogen) atoms. The summed E-state index contributed by atoms with van der Waals surface area (Å²) in [6.45, 7) is 6.34. The van der Waals surface area contributed by atoms with E-state index in [1.54, 1.807) is 11.2 Å². The van der Waals surface area contributed by atoms with E-state index in [4.69, 9.17) is 10.3 Å². The highest BCUT2D eigenvalue weighted by Crippen LogP contribution is 2.57. The molecule has 1 aliphatic heterocycles. The minimum absolute atomic E-state index is 0.0392. The van der Waals surface area contributed by atoms with Crippen molar-refractivity contribution in [1.29, 1.82) is 0 Å². The molecule has 2 fully saturated rings. The monoisotopic (exact) mass is 299 g/mol. The Kier molecular flexibility index (Phi) is 2.92. The third-order valence-electron chi connectivity index (χ3n) is 4.79. The molecule has 0 bridgehead atoms. The Morgan fingerprint density at radius 1 is 1.45 bits per heavy atom. The molecule has 2 N–H and O–H groups in total. The van der Waals surface area contributed by atoms with Gasteiger partial charge in [-0.1, -0.05) is 25.4 Å². The molecule has 0 radical (unpaired) electrons. The molecule has 7 heteroatoms. The number of aromatic nitrogens is 1. The molecule has 1 aromatic rings. The van der Waals surface area contributed by atoms with Gasteiger partial charge in [0.1, 0.15) is 0 Å². The average Bonchev–Trinajstić information content (AvgIpc) is 2.53. The molecule has 0 amide bonds. The van der Waals surface area contributed by atoms with Crippen LogP contribution < -0.4 is 5.73 Å². The number of sulfonamides is 1. The van der Waals surface area contributed by atoms with Crippen molar-refractivity contribution in [2.75, 3.05) is 12.3 Å². The largest absolute Gasteiger partial charge is 0.380 e. The van der Waals surface area contributed by atoms with Gasteiger partial charge in [0, 0.05) is 18.0 Å². The quantitative estimate of drug-likeness (QED) is 0.918. The van der Waals surface area contributed by atoms with Crippen molar-refractivity contribution >= 4 is 15.8 Å². The summed E-state index contributed by atoms with van der Waals surface area (Å²) in [5.41, 5.74) is 5.86. The molecule has 1 aromatic heterocycles. The van der Waals surface area contributed by atoms with Crippen LogP contribution in [-0.2, 0) is 10.0 Å². The van der Waals surface area contributed by atoms with Crippen molar-refractivity contribution in [2.24, 2.45) is 11.3 Å².